The minimum atomic E-state index is 0.479. The number of benzene rings is 2. The zero-order valence-corrected chi connectivity index (χ0v) is 8.96. The van der Waals surface area contributed by atoms with Gasteiger partial charge >= 0.3 is 0 Å². The van der Waals surface area contributed by atoms with Crippen molar-refractivity contribution in [2.75, 3.05) is 5.73 Å². The van der Waals surface area contributed by atoms with Crippen LogP contribution in [0.3, 0.4) is 0 Å². The normalized spacial score (nSPS) is 9.35. The summed E-state index contributed by atoms with van der Waals surface area (Å²) in [6, 6.07) is 13.9. The van der Waals surface area contributed by atoms with E-state index in [4.69, 9.17) is 15.7 Å². The highest BCUT2D eigenvalue weighted by molar-refractivity contribution is 5.45. The van der Waals surface area contributed by atoms with Gasteiger partial charge in [-0.05, 0) is 36.4 Å². The highest BCUT2D eigenvalue weighted by Crippen LogP contribution is 2.24. The number of nitrogen functional groups attached to an aromatic ring is 1. The van der Waals surface area contributed by atoms with Crippen molar-refractivity contribution >= 4 is 5.69 Å². The van der Waals surface area contributed by atoms with Crippen LogP contribution in [0.2, 0.25) is 0 Å². The topological polar surface area (TPSA) is 68.3 Å². The highest BCUT2D eigenvalue weighted by Gasteiger charge is 1.98. The largest absolute Gasteiger partial charge is 0.457 e. The molecule has 0 fully saturated rings. The zero-order chi connectivity index (χ0) is 12.1. The van der Waals surface area contributed by atoms with Gasteiger partial charge in [0.15, 0.2) is 0 Å². The Morgan fingerprint density at radius 2 is 1.65 bits per heavy atom. The summed E-state index contributed by atoms with van der Waals surface area (Å²) < 4.78 is 10.2. The molecule has 84 valence electrons. The molecule has 0 aliphatic heterocycles. The van der Waals surface area contributed by atoms with E-state index < -0.39 is 0 Å². The monoisotopic (exact) mass is 226 g/mol. The Balaban J connectivity index is 2.11. The van der Waals surface area contributed by atoms with Gasteiger partial charge in [-0.25, -0.2) is 0 Å². The molecule has 0 saturated carbocycles. The van der Waals surface area contributed by atoms with E-state index in [1.807, 2.05) is 12.1 Å². The fourth-order valence-corrected chi connectivity index (χ4v) is 1.34. The van der Waals surface area contributed by atoms with E-state index in [1.54, 1.807) is 42.7 Å². The number of ether oxygens (including phenoxy) is 2. The third kappa shape index (κ3) is 2.89. The molecule has 4 nitrogen and oxygen atoms in total. The lowest BCUT2D eigenvalue weighted by molar-refractivity contribution is 0.477. The van der Waals surface area contributed by atoms with Gasteiger partial charge in [-0.2, -0.15) is 0 Å². The van der Waals surface area contributed by atoms with Crippen LogP contribution in [-0.4, -0.2) is 0 Å². The van der Waals surface area contributed by atoms with Crippen LogP contribution in [-0.2, 0) is 0 Å². The summed E-state index contributed by atoms with van der Waals surface area (Å²) in [6.45, 7) is 0. The van der Waals surface area contributed by atoms with Gasteiger partial charge in [0.1, 0.15) is 17.2 Å². The number of nitriles is 1. The predicted molar refractivity (Wildman–Crippen MR) is 63.6 cm³/mol. The quantitative estimate of drug-likeness (QED) is 0.645. The molecule has 2 aromatic carbocycles. The molecule has 0 saturated heterocycles. The second kappa shape index (κ2) is 4.90. The van der Waals surface area contributed by atoms with Gasteiger partial charge < -0.3 is 15.2 Å². The Hall–Kier alpha value is -2.67. The van der Waals surface area contributed by atoms with Crippen molar-refractivity contribution < 1.29 is 9.47 Å². The van der Waals surface area contributed by atoms with Gasteiger partial charge in [-0.3, -0.25) is 0 Å². The maximum atomic E-state index is 8.34. The Morgan fingerprint density at radius 1 is 0.941 bits per heavy atom. The first-order valence-corrected chi connectivity index (χ1v) is 4.97. The van der Waals surface area contributed by atoms with E-state index in [2.05, 4.69) is 4.74 Å². The summed E-state index contributed by atoms with van der Waals surface area (Å²) in [5, 5.41) is 8.34. The van der Waals surface area contributed by atoms with E-state index in [0.717, 1.165) is 0 Å². The smallest absolute Gasteiger partial charge is 0.292 e. The summed E-state index contributed by atoms with van der Waals surface area (Å²) in [5.74, 6) is 1.80. The van der Waals surface area contributed by atoms with E-state index >= 15 is 0 Å². The van der Waals surface area contributed by atoms with E-state index in [9.17, 15) is 0 Å². The zero-order valence-electron chi connectivity index (χ0n) is 8.96. The van der Waals surface area contributed by atoms with Crippen LogP contribution in [0, 0.1) is 11.5 Å². The number of nitrogens with zero attached hydrogens (tertiary/aromatic N) is 1. The molecular weight excluding hydrogens is 216 g/mol. The van der Waals surface area contributed by atoms with Gasteiger partial charge in [0.05, 0.1) is 0 Å². The predicted octanol–water partition coefficient (Wildman–Crippen LogP) is 2.92. The van der Waals surface area contributed by atoms with Crippen molar-refractivity contribution in [2.45, 2.75) is 0 Å². The average Bonchev–Trinajstić information content (AvgIpc) is 2.32. The number of rotatable bonds is 3. The molecule has 2 N–H and O–H groups in total. The number of hydrogen-bond donors (Lipinski definition) is 1. The Labute approximate surface area is 98.8 Å². The van der Waals surface area contributed by atoms with Crippen LogP contribution >= 0.6 is 0 Å². The first-order valence-electron chi connectivity index (χ1n) is 4.97. The van der Waals surface area contributed by atoms with Crippen LogP contribution in [0.25, 0.3) is 0 Å². The summed E-state index contributed by atoms with van der Waals surface area (Å²) in [4.78, 5) is 0. The molecule has 2 aromatic rings. The third-order valence-corrected chi connectivity index (χ3v) is 2.08. The molecular formula is C13H10N2O2. The second-order valence-electron chi connectivity index (χ2n) is 3.34. The second-order valence-corrected chi connectivity index (χ2v) is 3.34. The molecule has 0 heterocycles. The minimum Gasteiger partial charge on any atom is -0.457 e. The lowest BCUT2D eigenvalue weighted by atomic mass is 10.3. The number of anilines is 1. The average molecular weight is 226 g/mol. The van der Waals surface area contributed by atoms with Crippen LogP contribution in [0.4, 0.5) is 5.69 Å². The Morgan fingerprint density at radius 3 is 2.29 bits per heavy atom. The SMILES string of the molecule is N#COc1ccc(Oc2cccc(N)c2)cc1. The first kappa shape index (κ1) is 10.8. The molecule has 0 atom stereocenters. The lowest BCUT2D eigenvalue weighted by Crippen LogP contribution is -1.88. The highest BCUT2D eigenvalue weighted by atomic mass is 16.5. The molecule has 17 heavy (non-hydrogen) atoms. The summed E-state index contributed by atoms with van der Waals surface area (Å²) in [7, 11) is 0. The number of hydrogen-bond acceptors (Lipinski definition) is 4. The van der Waals surface area contributed by atoms with E-state index in [1.165, 1.54) is 0 Å². The van der Waals surface area contributed by atoms with Crippen molar-refractivity contribution in [3.05, 3.63) is 48.5 Å². The lowest BCUT2D eigenvalue weighted by Gasteiger charge is -2.06. The Kier molecular flexibility index (Phi) is 3.13. The standard InChI is InChI=1S/C13H10N2O2/c14-9-16-11-4-6-12(7-5-11)17-13-3-1-2-10(15)8-13/h1-8H,15H2. The summed E-state index contributed by atoms with van der Waals surface area (Å²) >= 11 is 0. The molecule has 0 unspecified atom stereocenters. The van der Waals surface area contributed by atoms with Gasteiger partial charge in [0, 0.05) is 11.8 Å². The van der Waals surface area contributed by atoms with Crippen LogP contribution in [0.15, 0.2) is 48.5 Å². The van der Waals surface area contributed by atoms with Crippen LogP contribution in [0.1, 0.15) is 0 Å². The maximum absolute atomic E-state index is 8.34. The third-order valence-electron chi connectivity index (χ3n) is 2.08. The molecule has 0 bridgehead atoms. The molecule has 0 aliphatic rings. The summed E-state index contributed by atoms with van der Waals surface area (Å²) in [6.07, 6.45) is 1.60. The molecule has 0 amide bonds. The van der Waals surface area contributed by atoms with Crippen molar-refractivity contribution in [3.8, 4) is 23.5 Å². The van der Waals surface area contributed by atoms with Crippen LogP contribution in [0.5, 0.6) is 17.2 Å². The van der Waals surface area contributed by atoms with E-state index in [0.29, 0.717) is 22.9 Å². The molecule has 4 heteroatoms. The van der Waals surface area contributed by atoms with Gasteiger partial charge in [0.25, 0.3) is 6.26 Å². The van der Waals surface area contributed by atoms with E-state index in [-0.39, 0.29) is 0 Å². The maximum Gasteiger partial charge on any atom is 0.292 e. The number of nitrogens with two attached hydrogens (primary N) is 1. The minimum absolute atomic E-state index is 0.479. The molecule has 0 spiro atoms. The summed E-state index contributed by atoms with van der Waals surface area (Å²) in [5.41, 5.74) is 6.29. The van der Waals surface area contributed by atoms with Crippen LogP contribution < -0.4 is 15.2 Å². The fourth-order valence-electron chi connectivity index (χ4n) is 1.34. The molecule has 0 aliphatic carbocycles. The van der Waals surface area contributed by atoms with Crippen molar-refractivity contribution in [2.24, 2.45) is 0 Å². The molecule has 0 aromatic heterocycles. The first-order chi connectivity index (χ1) is 8.28. The molecule has 0 radical (unpaired) electrons. The van der Waals surface area contributed by atoms with Gasteiger partial charge in [0.2, 0.25) is 0 Å². The van der Waals surface area contributed by atoms with Crippen molar-refractivity contribution in [3.63, 3.8) is 0 Å². The van der Waals surface area contributed by atoms with Gasteiger partial charge in [-0.15, -0.1) is 5.26 Å². The Bertz CT molecular complexity index is 544. The van der Waals surface area contributed by atoms with Crippen molar-refractivity contribution in [1.82, 2.24) is 0 Å². The fraction of sp³-hybridized carbons (Fsp3) is 0. The molecule has 2 rings (SSSR count). The van der Waals surface area contributed by atoms with Crippen molar-refractivity contribution in [1.29, 1.82) is 5.26 Å². The van der Waals surface area contributed by atoms with Gasteiger partial charge in [-0.1, -0.05) is 6.07 Å².